The van der Waals surface area contributed by atoms with Gasteiger partial charge in [-0.3, -0.25) is 14.9 Å². The molecule has 1 aliphatic rings. The van der Waals surface area contributed by atoms with Crippen molar-refractivity contribution in [3.8, 4) is 11.5 Å². The van der Waals surface area contributed by atoms with E-state index in [1.165, 1.54) is 13.2 Å². The standard InChI is InChI=1S/C19H29N3O7/c1-26-16-11-14(13-29-19-6-2-3-9-28-19)15(22(24)25)12-17(16)27-10-4-5-18(23)21-8-7-20/h11-12,19H,2-10,13,20H2,1H3,(H,21,23). The Kier molecular flexibility index (Phi) is 9.62. The third kappa shape index (κ3) is 7.48. The topological polar surface area (TPSA) is 135 Å². The molecule has 0 spiro atoms. The molecule has 0 aliphatic carbocycles. The molecule has 0 aromatic heterocycles. The number of nitro benzene ring substituents is 1. The largest absolute Gasteiger partial charge is 0.493 e. The highest BCUT2D eigenvalue weighted by Gasteiger charge is 2.22. The summed E-state index contributed by atoms with van der Waals surface area (Å²) < 4.78 is 22.1. The molecule has 10 nitrogen and oxygen atoms in total. The fourth-order valence-corrected chi connectivity index (χ4v) is 2.89. The van der Waals surface area contributed by atoms with Crippen LogP contribution in [0.4, 0.5) is 5.69 Å². The van der Waals surface area contributed by atoms with Gasteiger partial charge in [-0.1, -0.05) is 0 Å². The summed E-state index contributed by atoms with van der Waals surface area (Å²) in [5.74, 6) is 0.500. The molecule has 10 heteroatoms. The lowest BCUT2D eigenvalue weighted by Gasteiger charge is -2.22. The first-order chi connectivity index (χ1) is 14.0. The van der Waals surface area contributed by atoms with E-state index < -0.39 is 4.92 Å². The van der Waals surface area contributed by atoms with Crippen LogP contribution in [0.25, 0.3) is 0 Å². The Bertz CT molecular complexity index is 678. The molecule has 1 heterocycles. The molecule has 1 saturated heterocycles. The number of ether oxygens (including phenoxy) is 4. The number of carbonyl (C=O) groups is 1. The van der Waals surface area contributed by atoms with E-state index in [9.17, 15) is 14.9 Å². The second kappa shape index (κ2) is 12.2. The van der Waals surface area contributed by atoms with E-state index in [2.05, 4.69) is 5.32 Å². The Labute approximate surface area is 169 Å². The summed E-state index contributed by atoms with van der Waals surface area (Å²) in [6.45, 7) is 1.70. The van der Waals surface area contributed by atoms with Crippen LogP contribution in [0.5, 0.6) is 11.5 Å². The number of nitrogens with one attached hydrogen (secondary N) is 1. The van der Waals surface area contributed by atoms with Crippen molar-refractivity contribution in [1.29, 1.82) is 0 Å². The van der Waals surface area contributed by atoms with Crippen LogP contribution in [-0.4, -0.2) is 50.5 Å². The lowest BCUT2D eigenvalue weighted by atomic mass is 10.1. The number of hydrogen-bond donors (Lipinski definition) is 2. The molecule has 0 radical (unpaired) electrons. The van der Waals surface area contributed by atoms with Crippen LogP contribution in [0.15, 0.2) is 12.1 Å². The zero-order valence-corrected chi connectivity index (χ0v) is 16.7. The average molecular weight is 411 g/mol. The first-order valence-electron chi connectivity index (χ1n) is 9.73. The molecule has 1 atom stereocenters. The number of rotatable bonds is 12. The van der Waals surface area contributed by atoms with Gasteiger partial charge in [-0.15, -0.1) is 0 Å². The summed E-state index contributed by atoms with van der Waals surface area (Å²) in [4.78, 5) is 22.6. The van der Waals surface area contributed by atoms with Gasteiger partial charge < -0.3 is 30.0 Å². The van der Waals surface area contributed by atoms with Gasteiger partial charge in [0.2, 0.25) is 5.91 Å². The molecule has 29 heavy (non-hydrogen) atoms. The number of nitro groups is 1. The summed E-state index contributed by atoms with van der Waals surface area (Å²) >= 11 is 0. The van der Waals surface area contributed by atoms with E-state index >= 15 is 0 Å². The number of nitrogens with zero attached hydrogens (tertiary/aromatic N) is 1. The highest BCUT2D eigenvalue weighted by Crippen LogP contribution is 2.35. The number of amides is 1. The highest BCUT2D eigenvalue weighted by molar-refractivity contribution is 5.75. The zero-order chi connectivity index (χ0) is 21.1. The van der Waals surface area contributed by atoms with E-state index in [1.807, 2.05) is 0 Å². The molecule has 1 fully saturated rings. The second-order valence-electron chi connectivity index (χ2n) is 6.59. The molecule has 3 N–H and O–H groups in total. The molecule has 1 amide bonds. The second-order valence-corrected chi connectivity index (χ2v) is 6.59. The molecule has 162 valence electrons. The lowest BCUT2D eigenvalue weighted by molar-refractivity contribution is -0.386. The Balaban J connectivity index is 1.98. The van der Waals surface area contributed by atoms with Crippen LogP contribution >= 0.6 is 0 Å². The highest BCUT2D eigenvalue weighted by atomic mass is 16.7. The monoisotopic (exact) mass is 411 g/mol. The van der Waals surface area contributed by atoms with Crippen molar-refractivity contribution >= 4 is 11.6 Å². The predicted octanol–water partition coefficient (Wildman–Crippen LogP) is 1.88. The first kappa shape index (κ1) is 22.9. The van der Waals surface area contributed by atoms with Gasteiger partial charge in [0.25, 0.3) is 5.69 Å². The molecule has 2 rings (SSSR count). The maximum atomic E-state index is 11.6. The minimum absolute atomic E-state index is 0.0406. The van der Waals surface area contributed by atoms with Crippen molar-refractivity contribution in [2.24, 2.45) is 5.73 Å². The Morgan fingerprint density at radius 3 is 2.86 bits per heavy atom. The summed E-state index contributed by atoms with van der Waals surface area (Å²) in [5, 5.41) is 14.2. The van der Waals surface area contributed by atoms with Crippen LogP contribution in [0, 0.1) is 10.1 Å². The number of carbonyl (C=O) groups excluding carboxylic acids is 1. The molecule has 1 aromatic carbocycles. The molecule has 1 aromatic rings. The fraction of sp³-hybridized carbons (Fsp3) is 0.632. The maximum Gasteiger partial charge on any atom is 0.278 e. The third-order valence-electron chi connectivity index (χ3n) is 4.40. The predicted molar refractivity (Wildman–Crippen MR) is 105 cm³/mol. The minimum Gasteiger partial charge on any atom is -0.493 e. The van der Waals surface area contributed by atoms with E-state index in [1.54, 1.807) is 6.07 Å². The zero-order valence-electron chi connectivity index (χ0n) is 16.7. The summed E-state index contributed by atoms with van der Waals surface area (Å²) in [6, 6.07) is 2.87. The van der Waals surface area contributed by atoms with Crippen LogP contribution in [0.2, 0.25) is 0 Å². The van der Waals surface area contributed by atoms with Crippen molar-refractivity contribution in [2.45, 2.75) is 45.0 Å². The lowest BCUT2D eigenvalue weighted by Crippen LogP contribution is -2.29. The SMILES string of the molecule is COc1cc(COC2CCCCO2)c([N+](=O)[O-])cc1OCCCC(=O)NCCN. The molecular weight excluding hydrogens is 382 g/mol. The molecule has 1 unspecified atom stereocenters. The number of hydrogen-bond acceptors (Lipinski definition) is 8. The Hall–Kier alpha value is -2.43. The van der Waals surface area contributed by atoms with Gasteiger partial charge in [-0.2, -0.15) is 0 Å². The minimum atomic E-state index is -0.479. The van der Waals surface area contributed by atoms with E-state index in [0.29, 0.717) is 37.4 Å². The Morgan fingerprint density at radius 2 is 2.21 bits per heavy atom. The van der Waals surface area contributed by atoms with Crippen molar-refractivity contribution in [3.63, 3.8) is 0 Å². The van der Waals surface area contributed by atoms with Crippen molar-refractivity contribution in [3.05, 3.63) is 27.8 Å². The van der Waals surface area contributed by atoms with E-state index in [0.717, 1.165) is 19.3 Å². The van der Waals surface area contributed by atoms with Gasteiger partial charge in [0, 0.05) is 26.1 Å². The normalized spacial score (nSPS) is 16.3. The van der Waals surface area contributed by atoms with Crippen LogP contribution in [0.1, 0.15) is 37.7 Å². The van der Waals surface area contributed by atoms with Crippen LogP contribution < -0.4 is 20.5 Å². The van der Waals surface area contributed by atoms with Gasteiger partial charge >= 0.3 is 0 Å². The number of benzene rings is 1. The molecular formula is C19H29N3O7. The quantitative estimate of drug-likeness (QED) is 0.302. The van der Waals surface area contributed by atoms with Crippen molar-refractivity contribution in [1.82, 2.24) is 5.32 Å². The summed E-state index contributed by atoms with van der Waals surface area (Å²) in [6.07, 6.45) is 3.15. The summed E-state index contributed by atoms with van der Waals surface area (Å²) in [7, 11) is 1.46. The summed E-state index contributed by atoms with van der Waals surface area (Å²) in [5.41, 5.74) is 5.60. The van der Waals surface area contributed by atoms with Gasteiger partial charge in [0.1, 0.15) is 0 Å². The fourth-order valence-electron chi connectivity index (χ4n) is 2.89. The Morgan fingerprint density at radius 1 is 1.38 bits per heavy atom. The van der Waals surface area contributed by atoms with Crippen molar-refractivity contribution < 1.29 is 28.7 Å². The average Bonchev–Trinajstić information content (AvgIpc) is 2.74. The van der Waals surface area contributed by atoms with Gasteiger partial charge in [0.15, 0.2) is 17.8 Å². The van der Waals surface area contributed by atoms with Gasteiger partial charge in [-0.05, 0) is 31.7 Å². The van der Waals surface area contributed by atoms with E-state index in [4.69, 9.17) is 24.7 Å². The van der Waals surface area contributed by atoms with Crippen LogP contribution in [-0.2, 0) is 20.9 Å². The van der Waals surface area contributed by atoms with Gasteiger partial charge in [0.05, 0.1) is 36.9 Å². The third-order valence-corrected chi connectivity index (χ3v) is 4.40. The molecule has 0 bridgehead atoms. The first-order valence-corrected chi connectivity index (χ1v) is 9.73. The smallest absolute Gasteiger partial charge is 0.278 e. The molecule has 0 saturated carbocycles. The number of methoxy groups -OCH3 is 1. The van der Waals surface area contributed by atoms with Crippen molar-refractivity contribution in [2.75, 3.05) is 33.4 Å². The van der Waals surface area contributed by atoms with Crippen LogP contribution in [0.3, 0.4) is 0 Å². The van der Waals surface area contributed by atoms with Gasteiger partial charge in [-0.25, -0.2) is 0 Å². The van der Waals surface area contributed by atoms with E-state index in [-0.39, 0.29) is 43.3 Å². The molecule has 1 aliphatic heterocycles. The maximum absolute atomic E-state index is 11.6. The number of nitrogens with two attached hydrogens (primary N) is 1.